The Bertz CT molecular complexity index is 598. The Hall–Kier alpha value is -1.22. The molecule has 0 fully saturated rings. The van der Waals surface area contributed by atoms with Crippen LogP contribution in [0.2, 0.25) is 10.0 Å². The highest BCUT2D eigenvalue weighted by atomic mass is 35.5. The Kier molecular flexibility index (Phi) is 5.51. The van der Waals surface area contributed by atoms with E-state index in [4.69, 9.17) is 33.7 Å². The molecule has 2 rings (SSSR count). The van der Waals surface area contributed by atoms with Gasteiger partial charge in [-0.1, -0.05) is 60.0 Å². The summed E-state index contributed by atoms with van der Waals surface area (Å²) in [4.78, 5) is 0. The van der Waals surface area contributed by atoms with Gasteiger partial charge in [-0.25, -0.2) is 0 Å². The number of ether oxygens (including phenoxy) is 1. The minimum absolute atomic E-state index is 0.122. The fourth-order valence-electron chi connectivity index (χ4n) is 2.08. The first-order valence-corrected chi connectivity index (χ1v) is 7.70. The van der Waals surface area contributed by atoms with Crippen LogP contribution in [0.15, 0.2) is 42.5 Å². The van der Waals surface area contributed by atoms with Gasteiger partial charge in [0.05, 0.1) is 5.02 Å². The summed E-state index contributed by atoms with van der Waals surface area (Å²) in [6.07, 6.45) is 0.545. The number of rotatable bonds is 5. The zero-order chi connectivity index (χ0) is 15.4. The van der Waals surface area contributed by atoms with Gasteiger partial charge in [0.25, 0.3) is 0 Å². The molecule has 2 nitrogen and oxygen atoms in total. The Balaban J connectivity index is 2.32. The molecule has 0 amide bonds. The molecule has 112 valence electrons. The maximum absolute atomic E-state index is 6.22. The van der Waals surface area contributed by atoms with E-state index in [0.717, 1.165) is 12.0 Å². The van der Waals surface area contributed by atoms with Crippen molar-refractivity contribution in [3.8, 4) is 5.75 Å². The Labute approximate surface area is 135 Å². The minimum Gasteiger partial charge on any atom is -0.482 e. The van der Waals surface area contributed by atoms with Gasteiger partial charge in [-0.05, 0) is 31.0 Å². The second-order valence-corrected chi connectivity index (χ2v) is 5.94. The maximum Gasteiger partial charge on any atom is 0.140 e. The average Bonchev–Trinajstić information content (AvgIpc) is 2.48. The van der Waals surface area contributed by atoms with Crippen LogP contribution >= 0.6 is 23.2 Å². The number of nitrogens with two attached hydrogens (primary N) is 1. The highest BCUT2D eigenvalue weighted by Gasteiger charge is 2.21. The highest BCUT2D eigenvalue weighted by molar-refractivity contribution is 6.34. The first-order valence-electron chi connectivity index (χ1n) is 6.95. The fraction of sp³-hybridized carbons (Fsp3) is 0.294. The Morgan fingerprint density at radius 1 is 1.10 bits per heavy atom. The van der Waals surface area contributed by atoms with Crippen molar-refractivity contribution in [2.24, 2.45) is 5.73 Å². The van der Waals surface area contributed by atoms with Gasteiger partial charge in [0.15, 0.2) is 0 Å². The smallest absolute Gasteiger partial charge is 0.140 e. The van der Waals surface area contributed by atoms with Crippen molar-refractivity contribution in [1.82, 2.24) is 0 Å². The average molecular weight is 324 g/mol. The fourth-order valence-corrected chi connectivity index (χ4v) is 2.40. The van der Waals surface area contributed by atoms with E-state index in [-0.39, 0.29) is 12.1 Å². The van der Waals surface area contributed by atoms with Crippen molar-refractivity contribution in [3.63, 3.8) is 0 Å². The molecule has 0 aromatic heterocycles. The number of benzene rings is 2. The molecule has 21 heavy (non-hydrogen) atoms. The lowest BCUT2D eigenvalue weighted by atomic mass is 10.00. The normalized spacial score (nSPS) is 13.8. The van der Waals surface area contributed by atoms with Crippen LogP contribution in [0.1, 0.15) is 30.6 Å². The summed E-state index contributed by atoms with van der Waals surface area (Å²) in [6.45, 7) is 4.09. The van der Waals surface area contributed by atoms with E-state index in [1.807, 2.05) is 38.1 Å². The van der Waals surface area contributed by atoms with Crippen LogP contribution in [0.5, 0.6) is 5.75 Å². The molecule has 0 aliphatic carbocycles. The summed E-state index contributed by atoms with van der Waals surface area (Å²) in [7, 11) is 0. The molecular weight excluding hydrogens is 305 g/mol. The van der Waals surface area contributed by atoms with Crippen molar-refractivity contribution >= 4 is 23.2 Å². The summed E-state index contributed by atoms with van der Waals surface area (Å²) < 4.78 is 6.06. The standard InChI is InChI=1S/C17H19Cl2NO/c1-3-15(20)17(12-6-4-11(2)5-7-12)21-16-10-13(18)8-9-14(16)19/h4-10,15,17H,3,20H2,1-2H3. The van der Waals surface area contributed by atoms with E-state index in [1.54, 1.807) is 18.2 Å². The third-order valence-corrected chi connectivity index (χ3v) is 3.96. The first-order chi connectivity index (χ1) is 10.0. The Morgan fingerprint density at radius 2 is 1.76 bits per heavy atom. The third-order valence-electron chi connectivity index (χ3n) is 3.41. The first kappa shape index (κ1) is 16.2. The van der Waals surface area contributed by atoms with Gasteiger partial charge in [-0.15, -0.1) is 0 Å². The summed E-state index contributed by atoms with van der Waals surface area (Å²) in [5.74, 6) is 0.554. The van der Waals surface area contributed by atoms with Crippen LogP contribution in [0.25, 0.3) is 0 Å². The van der Waals surface area contributed by atoms with Gasteiger partial charge >= 0.3 is 0 Å². The van der Waals surface area contributed by atoms with Gasteiger partial charge in [0, 0.05) is 17.1 Å². The molecule has 0 bridgehead atoms. The zero-order valence-corrected chi connectivity index (χ0v) is 13.7. The van der Waals surface area contributed by atoms with Crippen molar-refractivity contribution in [1.29, 1.82) is 0 Å². The van der Waals surface area contributed by atoms with E-state index in [2.05, 4.69) is 0 Å². The van der Waals surface area contributed by atoms with E-state index < -0.39 is 0 Å². The number of halogens is 2. The quantitative estimate of drug-likeness (QED) is 0.824. The molecule has 0 radical (unpaired) electrons. The lowest BCUT2D eigenvalue weighted by molar-refractivity contribution is 0.171. The summed E-state index contributed by atoms with van der Waals surface area (Å²) in [6, 6.07) is 13.2. The maximum atomic E-state index is 6.22. The summed E-state index contributed by atoms with van der Waals surface area (Å²) in [5, 5.41) is 1.11. The largest absolute Gasteiger partial charge is 0.482 e. The number of aryl methyl sites for hydroxylation is 1. The van der Waals surface area contributed by atoms with Crippen LogP contribution in [-0.4, -0.2) is 6.04 Å². The molecule has 0 aliphatic heterocycles. The van der Waals surface area contributed by atoms with Gasteiger partial charge < -0.3 is 10.5 Å². The molecule has 2 aromatic rings. The SMILES string of the molecule is CCC(N)C(Oc1cc(Cl)ccc1Cl)c1ccc(C)cc1. The van der Waals surface area contributed by atoms with Crippen LogP contribution in [0.4, 0.5) is 0 Å². The van der Waals surface area contributed by atoms with Gasteiger partial charge in [-0.3, -0.25) is 0 Å². The van der Waals surface area contributed by atoms with Gasteiger partial charge in [-0.2, -0.15) is 0 Å². The Morgan fingerprint density at radius 3 is 2.38 bits per heavy atom. The lowest BCUT2D eigenvalue weighted by Gasteiger charge is -2.25. The molecule has 2 N–H and O–H groups in total. The van der Waals surface area contributed by atoms with Crippen molar-refractivity contribution in [2.45, 2.75) is 32.4 Å². The van der Waals surface area contributed by atoms with E-state index in [0.29, 0.717) is 15.8 Å². The summed E-state index contributed by atoms with van der Waals surface area (Å²) in [5.41, 5.74) is 8.45. The lowest BCUT2D eigenvalue weighted by Crippen LogP contribution is -2.31. The molecule has 4 heteroatoms. The van der Waals surface area contributed by atoms with E-state index in [9.17, 15) is 0 Å². The molecule has 2 atom stereocenters. The zero-order valence-electron chi connectivity index (χ0n) is 12.1. The van der Waals surface area contributed by atoms with Gasteiger partial charge in [0.1, 0.15) is 11.9 Å². The second kappa shape index (κ2) is 7.17. The molecule has 0 heterocycles. The number of hydrogen-bond acceptors (Lipinski definition) is 2. The van der Waals surface area contributed by atoms with Crippen LogP contribution in [0, 0.1) is 6.92 Å². The predicted octanol–water partition coefficient (Wildman–Crippen LogP) is 5.16. The van der Waals surface area contributed by atoms with Gasteiger partial charge in [0.2, 0.25) is 0 Å². The molecule has 2 aromatic carbocycles. The minimum atomic E-state index is -0.258. The molecule has 0 aliphatic rings. The molecule has 0 spiro atoms. The second-order valence-electron chi connectivity index (χ2n) is 5.10. The summed E-state index contributed by atoms with van der Waals surface area (Å²) >= 11 is 12.2. The van der Waals surface area contributed by atoms with Crippen LogP contribution in [0.3, 0.4) is 0 Å². The van der Waals surface area contributed by atoms with E-state index >= 15 is 0 Å². The molecular formula is C17H19Cl2NO. The topological polar surface area (TPSA) is 35.2 Å². The third kappa shape index (κ3) is 4.13. The van der Waals surface area contributed by atoms with Crippen molar-refractivity contribution < 1.29 is 4.74 Å². The molecule has 2 unspecified atom stereocenters. The monoisotopic (exact) mass is 323 g/mol. The van der Waals surface area contributed by atoms with Crippen LogP contribution < -0.4 is 10.5 Å². The highest BCUT2D eigenvalue weighted by Crippen LogP contribution is 2.33. The van der Waals surface area contributed by atoms with Crippen molar-refractivity contribution in [3.05, 3.63) is 63.6 Å². The van der Waals surface area contributed by atoms with Crippen LogP contribution in [-0.2, 0) is 0 Å². The number of hydrogen-bond donors (Lipinski definition) is 1. The predicted molar refractivity (Wildman–Crippen MR) is 89.3 cm³/mol. The van der Waals surface area contributed by atoms with Crippen molar-refractivity contribution in [2.75, 3.05) is 0 Å². The molecule has 0 saturated carbocycles. The van der Waals surface area contributed by atoms with E-state index in [1.165, 1.54) is 5.56 Å². The molecule has 0 saturated heterocycles.